The van der Waals surface area contributed by atoms with Crippen molar-refractivity contribution in [3.05, 3.63) is 29.5 Å². The Balaban J connectivity index is 1.98. The number of ether oxygens (including phenoxy) is 3. The van der Waals surface area contributed by atoms with E-state index in [2.05, 4.69) is 15.2 Å². The van der Waals surface area contributed by atoms with Crippen LogP contribution in [0.15, 0.2) is 29.3 Å². The molecule has 16 heteroatoms. The summed E-state index contributed by atoms with van der Waals surface area (Å²) in [6, 6.07) is 3.88. The van der Waals surface area contributed by atoms with Gasteiger partial charge in [0.1, 0.15) is 16.7 Å². The van der Waals surface area contributed by atoms with Crippen LogP contribution >= 0.6 is 11.6 Å². The lowest BCUT2D eigenvalue weighted by molar-refractivity contribution is -0.242. The second kappa shape index (κ2) is 11.7. The monoisotopic (exact) mass is 610 g/mol. The second-order valence-corrected chi connectivity index (χ2v) is 11.7. The maximum atomic E-state index is 13.8. The van der Waals surface area contributed by atoms with Crippen LogP contribution in [0.25, 0.3) is 0 Å². The normalized spacial score (nSPS) is 16.5. The first kappa shape index (κ1) is 31.3. The highest BCUT2D eigenvalue weighted by atomic mass is 35.5. The van der Waals surface area contributed by atoms with E-state index in [1.54, 1.807) is 20.8 Å². The Morgan fingerprint density at radius 2 is 1.95 bits per heavy atom. The van der Waals surface area contributed by atoms with Gasteiger partial charge in [0, 0.05) is 18.4 Å². The molecule has 1 aromatic heterocycles. The van der Waals surface area contributed by atoms with Gasteiger partial charge in [-0.15, -0.1) is 0 Å². The van der Waals surface area contributed by atoms with Gasteiger partial charge in [-0.3, -0.25) is 19.1 Å². The number of anilines is 2. The first-order chi connectivity index (χ1) is 18.5. The molecule has 40 heavy (non-hydrogen) atoms. The van der Waals surface area contributed by atoms with Gasteiger partial charge in [-0.25, -0.2) is 13.2 Å². The molecule has 1 amide bonds. The molecule has 0 saturated carbocycles. The number of hydrogen-bond donors (Lipinski definition) is 1. The van der Waals surface area contributed by atoms with Crippen LogP contribution in [-0.4, -0.2) is 61.3 Å². The van der Waals surface area contributed by atoms with Crippen LogP contribution in [0, 0.1) is 5.92 Å². The second-order valence-electron chi connectivity index (χ2n) is 9.51. The summed E-state index contributed by atoms with van der Waals surface area (Å²) in [6.45, 7) is 6.69. The number of halogens is 4. The molecule has 0 radical (unpaired) electrons. The third-order valence-corrected chi connectivity index (χ3v) is 8.22. The highest BCUT2D eigenvalue weighted by Gasteiger charge is 2.51. The van der Waals surface area contributed by atoms with Crippen LogP contribution in [0.3, 0.4) is 0 Å². The van der Waals surface area contributed by atoms with E-state index >= 15 is 0 Å². The molecular formula is C24H30ClF3N4O7S. The number of aryl methyl sites for hydroxylation is 1. The predicted octanol–water partition coefficient (Wildman–Crippen LogP) is 4.99. The number of hydrogen-bond acceptors (Lipinski definition) is 8. The van der Waals surface area contributed by atoms with Gasteiger partial charge < -0.3 is 14.2 Å². The quantitative estimate of drug-likeness (QED) is 0.393. The van der Waals surface area contributed by atoms with Gasteiger partial charge in [-0.05, 0) is 52.3 Å². The van der Waals surface area contributed by atoms with Crippen LogP contribution in [0.1, 0.15) is 41.0 Å². The van der Waals surface area contributed by atoms with Crippen LogP contribution in [0.5, 0.6) is 5.75 Å². The molecule has 0 bridgehead atoms. The number of rotatable bonds is 9. The van der Waals surface area contributed by atoms with Crippen molar-refractivity contribution in [1.82, 2.24) is 9.78 Å². The van der Waals surface area contributed by atoms with Crippen molar-refractivity contribution in [1.29, 1.82) is 0 Å². The molecule has 2 atom stereocenters. The van der Waals surface area contributed by atoms with E-state index in [0.29, 0.717) is 20.4 Å². The van der Waals surface area contributed by atoms with Crippen molar-refractivity contribution in [3.8, 4) is 5.75 Å². The van der Waals surface area contributed by atoms with Gasteiger partial charge in [-0.2, -0.15) is 18.3 Å². The zero-order chi connectivity index (χ0) is 30.0. The number of aromatic nitrogens is 2. The van der Waals surface area contributed by atoms with E-state index in [0.717, 1.165) is 4.31 Å². The maximum Gasteiger partial charge on any atom is 0.427 e. The minimum absolute atomic E-state index is 0.0202. The van der Waals surface area contributed by atoms with E-state index in [9.17, 15) is 31.2 Å². The van der Waals surface area contributed by atoms with Crippen molar-refractivity contribution in [3.63, 3.8) is 0 Å². The first-order valence-corrected chi connectivity index (χ1v) is 14.1. The summed E-state index contributed by atoms with van der Waals surface area (Å²) in [4.78, 5) is 24.1. The molecule has 1 N–H and O–H groups in total. The summed E-state index contributed by atoms with van der Waals surface area (Å²) >= 11 is 6.15. The van der Waals surface area contributed by atoms with Gasteiger partial charge in [0.05, 0.1) is 24.8 Å². The number of nitrogens with zero attached hydrogens (tertiary/aromatic N) is 3. The summed E-state index contributed by atoms with van der Waals surface area (Å²) in [5, 5.41) is 5.91. The molecule has 2 aromatic rings. The highest BCUT2D eigenvalue weighted by molar-refractivity contribution is 7.93. The number of nitrogens with one attached hydrogen (secondary N) is 1. The predicted molar refractivity (Wildman–Crippen MR) is 139 cm³/mol. The molecule has 1 aliphatic heterocycles. The van der Waals surface area contributed by atoms with Crippen LogP contribution in [0.4, 0.5) is 29.3 Å². The lowest BCUT2D eigenvalue weighted by Crippen LogP contribution is -2.45. The Morgan fingerprint density at radius 3 is 2.52 bits per heavy atom. The number of fused-ring (bicyclic) bond motifs is 1. The molecule has 222 valence electrons. The number of amides is 1. The van der Waals surface area contributed by atoms with Crippen molar-refractivity contribution < 1.29 is 45.4 Å². The fraction of sp³-hybridized carbons (Fsp3) is 0.542. The zero-order valence-corrected chi connectivity index (χ0v) is 24.0. The number of benzene rings is 1. The molecule has 1 aliphatic rings. The summed E-state index contributed by atoms with van der Waals surface area (Å²) in [5.41, 5.74) is -2.85. The van der Waals surface area contributed by atoms with E-state index in [-0.39, 0.29) is 46.7 Å². The van der Waals surface area contributed by atoms with E-state index in [1.807, 2.05) is 0 Å². The van der Waals surface area contributed by atoms with Gasteiger partial charge in [0.25, 0.3) is 10.0 Å². The summed E-state index contributed by atoms with van der Waals surface area (Å²) in [6.07, 6.45) is -5.62. The van der Waals surface area contributed by atoms with Gasteiger partial charge in [0.2, 0.25) is 5.60 Å². The van der Waals surface area contributed by atoms with Gasteiger partial charge in [0.15, 0.2) is 5.15 Å². The lowest BCUT2D eigenvalue weighted by Gasteiger charge is -2.36. The summed E-state index contributed by atoms with van der Waals surface area (Å²) in [7, 11) is -4.36. The van der Waals surface area contributed by atoms with E-state index < -0.39 is 45.9 Å². The number of carbonyl (C=O) groups excluding carboxylic acids is 2. The molecule has 0 spiro atoms. The van der Waals surface area contributed by atoms with Gasteiger partial charge in [-0.1, -0.05) is 18.5 Å². The Morgan fingerprint density at radius 1 is 1.27 bits per heavy atom. The highest BCUT2D eigenvalue weighted by Crippen LogP contribution is 2.41. The molecule has 11 nitrogen and oxygen atoms in total. The lowest BCUT2D eigenvalue weighted by atomic mass is 10.0. The standard InChI is InChI=1S/C24H30ClF3N4O7S/c1-6-31-13-19(20(25)30-31)40(35,36)32-12-16(10-14(3)21(33)37-7-2)38-18-9-8-15(11-17(18)32)29-22(34)39-23(4,5)24(26,27)28/h8-9,11,13-14,16H,6-7,10,12H2,1-5H3,(H,29,34)/t14-,16+/m1/s1. The van der Waals surface area contributed by atoms with Crippen molar-refractivity contribution >= 4 is 45.1 Å². The van der Waals surface area contributed by atoms with Crippen LogP contribution in [-0.2, 0) is 30.8 Å². The number of alkyl halides is 3. The molecule has 0 saturated heterocycles. The Bertz CT molecular complexity index is 1360. The number of sulfonamides is 1. The third kappa shape index (κ3) is 6.74. The minimum atomic E-state index is -4.82. The first-order valence-electron chi connectivity index (χ1n) is 12.3. The third-order valence-electron chi connectivity index (χ3n) is 6.05. The smallest absolute Gasteiger partial charge is 0.427 e. The Kier molecular flexibility index (Phi) is 9.19. The number of carbonyl (C=O) groups is 2. The molecular weight excluding hydrogens is 581 g/mol. The van der Waals surface area contributed by atoms with E-state index in [1.165, 1.54) is 29.1 Å². The fourth-order valence-corrected chi connectivity index (χ4v) is 5.73. The molecule has 0 fully saturated rings. The number of esters is 1. The Labute approximate surface area is 234 Å². The SMILES string of the molecule is CCOC(=O)[C@H](C)C[C@H]1CN(S(=O)(=O)c2cn(CC)nc2Cl)c2cc(NC(=O)OC(C)(C)C(F)(F)F)ccc2O1. The van der Waals surface area contributed by atoms with Crippen molar-refractivity contribution in [2.24, 2.45) is 5.92 Å². The minimum Gasteiger partial charge on any atom is -0.486 e. The summed E-state index contributed by atoms with van der Waals surface area (Å²) in [5.74, 6) is -1.00. The Hall–Kier alpha value is -3.20. The van der Waals surface area contributed by atoms with E-state index in [4.69, 9.17) is 21.1 Å². The van der Waals surface area contributed by atoms with Gasteiger partial charge >= 0.3 is 18.2 Å². The largest absolute Gasteiger partial charge is 0.486 e. The molecule has 0 unspecified atom stereocenters. The molecule has 2 heterocycles. The van der Waals surface area contributed by atoms with Crippen molar-refractivity contribution in [2.75, 3.05) is 22.8 Å². The van der Waals surface area contributed by atoms with Crippen LogP contribution < -0.4 is 14.4 Å². The summed E-state index contributed by atoms with van der Waals surface area (Å²) < 4.78 is 84.9. The maximum absolute atomic E-state index is 13.8. The van der Waals surface area contributed by atoms with Crippen LogP contribution in [0.2, 0.25) is 5.15 Å². The fourth-order valence-electron chi connectivity index (χ4n) is 3.78. The van der Waals surface area contributed by atoms with Crippen molar-refractivity contribution in [2.45, 2.75) is 70.4 Å². The average Bonchev–Trinajstić information content (AvgIpc) is 3.24. The molecule has 3 rings (SSSR count). The zero-order valence-electron chi connectivity index (χ0n) is 22.4. The average molecular weight is 611 g/mol. The molecule has 0 aliphatic carbocycles. The molecule has 1 aromatic carbocycles. The topological polar surface area (TPSA) is 129 Å².